The van der Waals surface area contributed by atoms with Gasteiger partial charge < -0.3 is 0 Å². The van der Waals surface area contributed by atoms with Crippen LogP contribution < -0.4 is 0 Å². The number of aryl methyl sites for hydroxylation is 2. The minimum Gasteiger partial charge on any atom is -0.292 e. The van der Waals surface area contributed by atoms with Crippen molar-refractivity contribution in [3.8, 4) is 0 Å². The van der Waals surface area contributed by atoms with Crippen molar-refractivity contribution in [2.24, 2.45) is 0 Å². The Morgan fingerprint density at radius 3 is 2.37 bits per heavy atom. The lowest BCUT2D eigenvalue weighted by molar-refractivity contribution is 0.102. The lowest BCUT2D eigenvalue weighted by Crippen LogP contribution is -2.16. The molecule has 2 rings (SSSR count). The number of thiophene rings is 1. The van der Waals surface area contributed by atoms with Gasteiger partial charge in [0.15, 0.2) is 15.6 Å². The number of hydrogen-bond acceptors (Lipinski definition) is 4. The molecule has 0 amide bonds. The number of carbonyl (C=O) groups excluding carboxylic acids is 1. The van der Waals surface area contributed by atoms with Crippen molar-refractivity contribution in [1.82, 2.24) is 0 Å². The molecule has 19 heavy (non-hydrogen) atoms. The van der Waals surface area contributed by atoms with Crippen LogP contribution in [0.15, 0.2) is 41.3 Å². The van der Waals surface area contributed by atoms with Crippen LogP contribution in [-0.2, 0) is 9.84 Å². The summed E-state index contributed by atoms with van der Waals surface area (Å²) in [6.45, 7) is 3.62. The summed E-state index contributed by atoms with van der Waals surface area (Å²) < 4.78 is 24.5. The van der Waals surface area contributed by atoms with Crippen molar-refractivity contribution < 1.29 is 13.2 Å². The van der Waals surface area contributed by atoms with Crippen molar-refractivity contribution in [2.75, 3.05) is 5.75 Å². The molecule has 1 heterocycles. The minimum atomic E-state index is -3.57. The van der Waals surface area contributed by atoms with Gasteiger partial charge in [0.1, 0.15) is 5.75 Å². The second-order valence-electron chi connectivity index (χ2n) is 4.36. The van der Waals surface area contributed by atoms with Crippen LogP contribution >= 0.6 is 11.3 Å². The zero-order valence-electron chi connectivity index (χ0n) is 10.7. The van der Waals surface area contributed by atoms with Crippen LogP contribution in [0.25, 0.3) is 0 Å². The highest BCUT2D eigenvalue weighted by molar-refractivity contribution is 7.92. The first-order valence-electron chi connectivity index (χ1n) is 5.78. The Labute approximate surface area is 116 Å². The lowest BCUT2D eigenvalue weighted by Gasteiger charge is -2.06. The van der Waals surface area contributed by atoms with E-state index in [0.717, 1.165) is 4.88 Å². The molecule has 100 valence electrons. The topological polar surface area (TPSA) is 51.2 Å². The van der Waals surface area contributed by atoms with E-state index in [1.165, 1.54) is 17.4 Å². The summed E-state index contributed by atoms with van der Waals surface area (Å²) in [4.78, 5) is 13.7. The van der Waals surface area contributed by atoms with Crippen molar-refractivity contribution in [3.63, 3.8) is 0 Å². The zero-order chi connectivity index (χ0) is 14.0. The van der Waals surface area contributed by atoms with E-state index in [-0.39, 0.29) is 10.7 Å². The molecule has 0 fully saturated rings. The van der Waals surface area contributed by atoms with E-state index in [0.29, 0.717) is 10.4 Å². The number of hydrogen-bond donors (Lipinski definition) is 0. The maximum absolute atomic E-state index is 12.2. The van der Waals surface area contributed by atoms with E-state index in [1.807, 2.05) is 13.0 Å². The Balaban J connectivity index is 2.28. The molecule has 0 aliphatic heterocycles. The number of sulfone groups is 1. The molecule has 0 aliphatic rings. The summed E-state index contributed by atoms with van der Waals surface area (Å²) in [5, 5.41) is 0. The van der Waals surface area contributed by atoms with Gasteiger partial charge in [0.2, 0.25) is 0 Å². The Bertz CT molecular complexity index is 712. The molecule has 1 aromatic heterocycles. The Hall–Kier alpha value is -1.46. The van der Waals surface area contributed by atoms with Crippen molar-refractivity contribution in [3.05, 3.63) is 51.7 Å². The van der Waals surface area contributed by atoms with Crippen LogP contribution in [0, 0.1) is 13.8 Å². The summed E-state index contributed by atoms with van der Waals surface area (Å²) in [5.74, 6) is -0.820. The smallest absolute Gasteiger partial charge is 0.188 e. The van der Waals surface area contributed by atoms with Gasteiger partial charge >= 0.3 is 0 Å². The van der Waals surface area contributed by atoms with E-state index in [1.54, 1.807) is 31.2 Å². The van der Waals surface area contributed by atoms with Gasteiger partial charge in [-0.2, -0.15) is 0 Å². The monoisotopic (exact) mass is 294 g/mol. The van der Waals surface area contributed by atoms with Crippen LogP contribution in [0.1, 0.15) is 20.1 Å². The molecule has 0 radical (unpaired) electrons. The molecule has 0 unspecified atom stereocenters. The molecule has 0 spiro atoms. The molecule has 0 N–H and O–H groups in total. The third kappa shape index (κ3) is 3.11. The van der Waals surface area contributed by atoms with Crippen molar-refractivity contribution >= 4 is 27.0 Å². The molecule has 0 bridgehead atoms. The minimum absolute atomic E-state index is 0.233. The SMILES string of the molecule is Cc1ccc(C(=O)CS(=O)(=O)c2ccccc2C)s1. The summed E-state index contributed by atoms with van der Waals surface area (Å²) in [6.07, 6.45) is 0. The van der Waals surface area contributed by atoms with Gasteiger partial charge in [0.05, 0.1) is 9.77 Å². The molecule has 0 aliphatic carbocycles. The summed E-state index contributed by atoms with van der Waals surface area (Å²) >= 11 is 1.32. The number of rotatable bonds is 4. The van der Waals surface area contributed by atoms with Gasteiger partial charge in [-0.1, -0.05) is 18.2 Å². The van der Waals surface area contributed by atoms with E-state index in [4.69, 9.17) is 0 Å². The quantitative estimate of drug-likeness (QED) is 0.814. The Kier molecular flexibility index (Phi) is 3.87. The maximum Gasteiger partial charge on any atom is 0.188 e. The highest BCUT2D eigenvalue weighted by Crippen LogP contribution is 2.20. The average molecular weight is 294 g/mol. The fourth-order valence-corrected chi connectivity index (χ4v) is 4.21. The van der Waals surface area contributed by atoms with E-state index in [2.05, 4.69) is 0 Å². The highest BCUT2D eigenvalue weighted by atomic mass is 32.2. The molecule has 0 saturated heterocycles. The van der Waals surface area contributed by atoms with Gasteiger partial charge in [-0.05, 0) is 37.6 Å². The highest BCUT2D eigenvalue weighted by Gasteiger charge is 2.22. The number of carbonyl (C=O) groups is 1. The van der Waals surface area contributed by atoms with Gasteiger partial charge in [-0.25, -0.2) is 8.42 Å². The second kappa shape index (κ2) is 5.27. The standard InChI is InChI=1S/C14H14O3S2/c1-10-5-3-4-6-14(10)19(16,17)9-12(15)13-8-7-11(2)18-13/h3-8H,9H2,1-2H3. The third-order valence-electron chi connectivity index (χ3n) is 2.76. The first-order valence-corrected chi connectivity index (χ1v) is 8.25. The fraction of sp³-hybridized carbons (Fsp3) is 0.214. The van der Waals surface area contributed by atoms with Crippen LogP contribution in [0.2, 0.25) is 0 Å². The van der Waals surface area contributed by atoms with Gasteiger partial charge in [-0.3, -0.25) is 4.79 Å². The maximum atomic E-state index is 12.2. The third-order valence-corrected chi connectivity index (χ3v) is 5.58. The fourth-order valence-electron chi connectivity index (χ4n) is 1.81. The second-order valence-corrected chi connectivity index (χ2v) is 7.60. The van der Waals surface area contributed by atoms with Crippen LogP contribution in [0.3, 0.4) is 0 Å². The zero-order valence-corrected chi connectivity index (χ0v) is 12.3. The first-order chi connectivity index (χ1) is 8.90. The van der Waals surface area contributed by atoms with Crippen molar-refractivity contribution in [1.29, 1.82) is 0 Å². The molecule has 1 aromatic carbocycles. The number of benzene rings is 1. The molecule has 2 aromatic rings. The largest absolute Gasteiger partial charge is 0.292 e. The van der Waals surface area contributed by atoms with Crippen molar-refractivity contribution in [2.45, 2.75) is 18.7 Å². The van der Waals surface area contributed by atoms with E-state index in [9.17, 15) is 13.2 Å². The molecule has 0 saturated carbocycles. The van der Waals surface area contributed by atoms with E-state index >= 15 is 0 Å². The molecular formula is C14H14O3S2. The summed E-state index contributed by atoms with van der Waals surface area (Å²) in [7, 11) is -3.57. The number of Topliss-reactive ketones (excluding diaryl/α,β-unsaturated/α-hetero) is 1. The predicted molar refractivity (Wildman–Crippen MR) is 76.6 cm³/mol. The Morgan fingerprint density at radius 2 is 1.79 bits per heavy atom. The summed E-state index contributed by atoms with van der Waals surface area (Å²) in [6, 6.07) is 10.2. The molecule has 5 heteroatoms. The normalized spacial score (nSPS) is 11.5. The van der Waals surface area contributed by atoms with Crippen LogP contribution in [0.4, 0.5) is 0 Å². The first kappa shape index (κ1) is 14.0. The predicted octanol–water partition coefficient (Wildman–Crippen LogP) is 3.02. The molecule has 3 nitrogen and oxygen atoms in total. The van der Waals surface area contributed by atoms with Crippen LogP contribution in [-0.4, -0.2) is 20.0 Å². The van der Waals surface area contributed by atoms with Gasteiger partial charge in [-0.15, -0.1) is 11.3 Å². The lowest BCUT2D eigenvalue weighted by atomic mass is 10.2. The van der Waals surface area contributed by atoms with Gasteiger partial charge in [0.25, 0.3) is 0 Å². The van der Waals surface area contributed by atoms with Gasteiger partial charge in [0, 0.05) is 4.88 Å². The Morgan fingerprint density at radius 1 is 1.11 bits per heavy atom. The van der Waals surface area contributed by atoms with E-state index < -0.39 is 15.6 Å². The molecule has 0 atom stereocenters. The summed E-state index contributed by atoms with van der Waals surface area (Å²) in [5.41, 5.74) is 0.665. The molecular weight excluding hydrogens is 280 g/mol. The van der Waals surface area contributed by atoms with Crippen LogP contribution in [0.5, 0.6) is 0 Å². The number of ketones is 1. The average Bonchev–Trinajstić information content (AvgIpc) is 2.76.